The number of amides is 2. The number of hydrogen-bond acceptors (Lipinski definition) is 3. The van der Waals surface area contributed by atoms with Gasteiger partial charge in [-0.3, -0.25) is 9.59 Å². The molecule has 114 valence electrons. The monoisotopic (exact) mass is 289 g/mol. The van der Waals surface area contributed by atoms with Gasteiger partial charge in [0.2, 0.25) is 0 Å². The predicted octanol–water partition coefficient (Wildman–Crippen LogP) is 0.809. The molecule has 5 heteroatoms. The van der Waals surface area contributed by atoms with E-state index >= 15 is 0 Å². The van der Waals surface area contributed by atoms with Crippen LogP contribution in [0.3, 0.4) is 0 Å². The molecule has 0 N–H and O–H groups in total. The Hall–Kier alpha value is -1.88. The Morgan fingerprint density at radius 2 is 1.71 bits per heavy atom. The first kappa shape index (κ1) is 15.5. The molecule has 1 fully saturated rings. The average molecular weight is 289 g/mol. The number of likely N-dealkylation sites (N-methyl/N-ethyl adjacent to an activating group) is 2. The van der Waals surface area contributed by atoms with Gasteiger partial charge in [-0.2, -0.15) is 0 Å². The van der Waals surface area contributed by atoms with Crippen LogP contribution in [-0.4, -0.2) is 66.3 Å². The van der Waals surface area contributed by atoms with Crippen LogP contribution in [0.4, 0.5) is 0 Å². The van der Waals surface area contributed by atoms with Crippen LogP contribution in [0.1, 0.15) is 12.5 Å². The van der Waals surface area contributed by atoms with Gasteiger partial charge >= 0.3 is 11.8 Å². The summed E-state index contributed by atoms with van der Waals surface area (Å²) in [6.07, 6.45) is 0. The van der Waals surface area contributed by atoms with Gasteiger partial charge in [-0.25, -0.2) is 0 Å². The molecule has 0 aliphatic carbocycles. The number of benzene rings is 1. The zero-order valence-electron chi connectivity index (χ0n) is 12.8. The van der Waals surface area contributed by atoms with Crippen LogP contribution in [0.2, 0.25) is 0 Å². The van der Waals surface area contributed by atoms with Crippen LogP contribution in [0.25, 0.3) is 0 Å². The van der Waals surface area contributed by atoms with E-state index in [4.69, 9.17) is 0 Å². The third-order valence-corrected chi connectivity index (χ3v) is 3.90. The topological polar surface area (TPSA) is 43.9 Å². The van der Waals surface area contributed by atoms with E-state index in [2.05, 4.69) is 11.8 Å². The van der Waals surface area contributed by atoms with Gasteiger partial charge in [0.25, 0.3) is 0 Å². The molecule has 0 unspecified atom stereocenters. The lowest BCUT2D eigenvalue weighted by Crippen LogP contribution is -2.52. The van der Waals surface area contributed by atoms with Crippen molar-refractivity contribution in [1.29, 1.82) is 0 Å². The summed E-state index contributed by atoms with van der Waals surface area (Å²) in [6, 6.07) is 9.70. The third kappa shape index (κ3) is 4.04. The van der Waals surface area contributed by atoms with Gasteiger partial charge in [0.15, 0.2) is 0 Å². The first-order chi connectivity index (χ1) is 10.1. The van der Waals surface area contributed by atoms with Gasteiger partial charge in [0.1, 0.15) is 0 Å². The summed E-state index contributed by atoms with van der Waals surface area (Å²) in [5.41, 5.74) is 1.02. The van der Waals surface area contributed by atoms with Gasteiger partial charge in [0.05, 0.1) is 0 Å². The van der Waals surface area contributed by atoms with Gasteiger partial charge in [-0.15, -0.1) is 0 Å². The minimum absolute atomic E-state index is 0.385. The van der Waals surface area contributed by atoms with Crippen molar-refractivity contribution in [3.05, 3.63) is 35.9 Å². The maximum atomic E-state index is 12.2. The van der Waals surface area contributed by atoms with Crippen molar-refractivity contribution in [3.63, 3.8) is 0 Å². The van der Waals surface area contributed by atoms with E-state index in [1.54, 1.807) is 11.9 Å². The fourth-order valence-electron chi connectivity index (χ4n) is 2.49. The molecule has 1 saturated heterocycles. The van der Waals surface area contributed by atoms with Gasteiger partial charge in [0, 0.05) is 39.8 Å². The summed E-state index contributed by atoms with van der Waals surface area (Å²) in [7, 11) is 1.68. The molecule has 0 spiro atoms. The minimum atomic E-state index is -0.427. The minimum Gasteiger partial charge on any atom is -0.333 e. The summed E-state index contributed by atoms with van der Waals surface area (Å²) >= 11 is 0. The molecule has 1 aliphatic heterocycles. The zero-order valence-corrected chi connectivity index (χ0v) is 12.8. The quantitative estimate of drug-likeness (QED) is 0.774. The van der Waals surface area contributed by atoms with E-state index in [1.165, 1.54) is 4.90 Å². The molecule has 0 bridgehead atoms. The number of nitrogens with zero attached hydrogens (tertiary/aromatic N) is 3. The highest BCUT2D eigenvalue weighted by atomic mass is 16.2. The van der Waals surface area contributed by atoms with Crippen molar-refractivity contribution in [3.8, 4) is 0 Å². The molecule has 1 heterocycles. The Kier molecular flexibility index (Phi) is 5.33. The fraction of sp³-hybridized carbons (Fsp3) is 0.500. The van der Waals surface area contributed by atoms with E-state index in [0.29, 0.717) is 19.6 Å². The van der Waals surface area contributed by atoms with Gasteiger partial charge in [-0.1, -0.05) is 37.3 Å². The van der Waals surface area contributed by atoms with Crippen LogP contribution >= 0.6 is 0 Å². The molecule has 2 amide bonds. The van der Waals surface area contributed by atoms with E-state index in [0.717, 1.165) is 25.2 Å². The highest BCUT2D eigenvalue weighted by molar-refractivity contribution is 6.34. The smallest absolute Gasteiger partial charge is 0.312 e. The van der Waals surface area contributed by atoms with Gasteiger partial charge < -0.3 is 14.7 Å². The predicted molar refractivity (Wildman–Crippen MR) is 81.6 cm³/mol. The average Bonchev–Trinajstić information content (AvgIpc) is 2.54. The second-order valence-corrected chi connectivity index (χ2v) is 5.37. The maximum Gasteiger partial charge on any atom is 0.312 e. The molecule has 0 atom stereocenters. The summed E-state index contributed by atoms with van der Waals surface area (Å²) < 4.78 is 0. The van der Waals surface area contributed by atoms with Crippen molar-refractivity contribution in [2.75, 3.05) is 39.8 Å². The number of rotatable bonds is 3. The van der Waals surface area contributed by atoms with Crippen molar-refractivity contribution < 1.29 is 9.59 Å². The second kappa shape index (κ2) is 7.22. The van der Waals surface area contributed by atoms with Crippen LogP contribution in [0, 0.1) is 0 Å². The lowest BCUT2D eigenvalue weighted by atomic mass is 10.2. The summed E-state index contributed by atoms with van der Waals surface area (Å²) in [5.74, 6) is -0.812. The molecule has 21 heavy (non-hydrogen) atoms. The lowest BCUT2D eigenvalue weighted by Gasteiger charge is -2.34. The lowest BCUT2D eigenvalue weighted by molar-refractivity contribution is -0.152. The SMILES string of the molecule is CCN1CCN(C(=O)C(=O)N(C)Cc2ccccc2)CC1. The number of hydrogen-bond donors (Lipinski definition) is 0. The van der Waals surface area contributed by atoms with Crippen LogP contribution in [-0.2, 0) is 16.1 Å². The molecule has 0 saturated carbocycles. The molecule has 1 aromatic carbocycles. The standard InChI is InChI=1S/C16H23N3O2/c1-3-18-9-11-19(12-10-18)16(21)15(20)17(2)13-14-7-5-4-6-8-14/h4-8H,3,9-13H2,1-2H3. The molecular formula is C16H23N3O2. The number of piperazine rings is 1. The first-order valence-electron chi connectivity index (χ1n) is 7.42. The van der Waals surface area contributed by atoms with Crippen molar-refractivity contribution in [1.82, 2.24) is 14.7 Å². The fourth-order valence-corrected chi connectivity index (χ4v) is 2.49. The third-order valence-electron chi connectivity index (χ3n) is 3.90. The van der Waals surface area contributed by atoms with Gasteiger partial charge in [-0.05, 0) is 12.1 Å². The van der Waals surface area contributed by atoms with Crippen LogP contribution in [0.15, 0.2) is 30.3 Å². The zero-order chi connectivity index (χ0) is 15.2. The van der Waals surface area contributed by atoms with Crippen molar-refractivity contribution in [2.24, 2.45) is 0 Å². The molecule has 2 rings (SSSR count). The Morgan fingerprint density at radius 1 is 1.10 bits per heavy atom. The van der Waals surface area contributed by atoms with Crippen LogP contribution in [0.5, 0.6) is 0 Å². The normalized spacial score (nSPS) is 15.8. The van der Waals surface area contributed by atoms with Crippen molar-refractivity contribution in [2.45, 2.75) is 13.5 Å². The molecule has 1 aromatic rings. The Labute approximate surface area is 126 Å². The molecule has 5 nitrogen and oxygen atoms in total. The summed E-state index contributed by atoms with van der Waals surface area (Å²) in [6.45, 7) is 6.52. The molecule has 1 aliphatic rings. The molecular weight excluding hydrogens is 266 g/mol. The highest BCUT2D eigenvalue weighted by Crippen LogP contribution is 2.06. The highest BCUT2D eigenvalue weighted by Gasteiger charge is 2.27. The van der Waals surface area contributed by atoms with E-state index < -0.39 is 5.91 Å². The van der Waals surface area contributed by atoms with Crippen LogP contribution < -0.4 is 0 Å². The van der Waals surface area contributed by atoms with E-state index in [9.17, 15) is 9.59 Å². The van der Waals surface area contributed by atoms with Crippen molar-refractivity contribution >= 4 is 11.8 Å². The van der Waals surface area contributed by atoms with E-state index in [-0.39, 0.29) is 5.91 Å². The number of carbonyl (C=O) groups excluding carboxylic acids is 2. The maximum absolute atomic E-state index is 12.2. The Balaban J connectivity index is 1.89. The largest absolute Gasteiger partial charge is 0.333 e. The second-order valence-electron chi connectivity index (χ2n) is 5.37. The molecule has 0 aromatic heterocycles. The summed E-state index contributed by atoms with van der Waals surface area (Å²) in [4.78, 5) is 29.9. The first-order valence-corrected chi connectivity index (χ1v) is 7.42. The Morgan fingerprint density at radius 3 is 2.29 bits per heavy atom. The summed E-state index contributed by atoms with van der Waals surface area (Å²) in [5, 5.41) is 0. The Bertz CT molecular complexity index is 482. The molecule has 0 radical (unpaired) electrons. The van der Waals surface area contributed by atoms with E-state index in [1.807, 2.05) is 30.3 Å². The number of carbonyl (C=O) groups is 2.